The third kappa shape index (κ3) is 5.72. The maximum atomic E-state index is 4.26. The molecule has 0 aliphatic heterocycles. The van der Waals surface area contributed by atoms with Crippen molar-refractivity contribution in [2.24, 2.45) is 0 Å². The average Bonchev–Trinajstić information content (AvgIpc) is 2.82. The van der Waals surface area contributed by atoms with Gasteiger partial charge >= 0.3 is 0 Å². The summed E-state index contributed by atoms with van der Waals surface area (Å²) in [4.78, 5) is 2.98. The second-order valence-corrected chi connectivity index (χ2v) is 8.65. The summed E-state index contributed by atoms with van der Waals surface area (Å²) in [5.74, 6) is 4.17. The van der Waals surface area contributed by atoms with Gasteiger partial charge in [-0.3, -0.25) is 0 Å². The van der Waals surface area contributed by atoms with Crippen LogP contribution in [-0.4, -0.2) is 23.0 Å². The van der Waals surface area contributed by atoms with Gasteiger partial charge in [0, 0.05) is 31.8 Å². The zero-order valence-corrected chi connectivity index (χ0v) is 14.5. The Balaban J connectivity index is 2.51. The molecular weight excluding hydrogens is 304 g/mol. The van der Waals surface area contributed by atoms with E-state index in [0.717, 1.165) is 23.0 Å². The maximum Gasteiger partial charge on any atom is 0.0363 e. The topological polar surface area (TPSA) is 0 Å². The molecule has 1 aromatic rings. The molecule has 0 N–H and O–H groups in total. The predicted molar refractivity (Wildman–Crippen MR) is 93.8 cm³/mol. The van der Waals surface area contributed by atoms with E-state index in [1.54, 1.807) is 0 Å². The van der Waals surface area contributed by atoms with Crippen molar-refractivity contribution in [1.82, 2.24) is 0 Å². The molecule has 2 atom stereocenters. The van der Waals surface area contributed by atoms with Gasteiger partial charge in [-0.05, 0) is 37.5 Å². The summed E-state index contributed by atoms with van der Waals surface area (Å²) in [6.45, 7) is 4.57. The number of hydrogen-bond donors (Lipinski definition) is 2. The Morgan fingerprint density at radius 2 is 1.41 bits per heavy atom. The van der Waals surface area contributed by atoms with E-state index in [-0.39, 0.29) is 0 Å². The summed E-state index contributed by atoms with van der Waals surface area (Å²) in [6.07, 6.45) is 0. The molecule has 0 saturated heterocycles. The van der Waals surface area contributed by atoms with Crippen LogP contribution in [0.3, 0.4) is 0 Å². The summed E-state index contributed by atoms with van der Waals surface area (Å²) in [5, 5.41) is 1.20. The molecule has 0 bridgehead atoms. The van der Waals surface area contributed by atoms with E-state index >= 15 is 0 Å². The maximum absolute atomic E-state index is 4.26. The quantitative estimate of drug-likeness (QED) is 0.631. The molecule has 0 radical (unpaired) electrons. The minimum atomic E-state index is 0.600. The van der Waals surface area contributed by atoms with E-state index in [1.807, 2.05) is 34.9 Å². The van der Waals surface area contributed by atoms with E-state index in [9.17, 15) is 0 Å². The largest absolute Gasteiger partial charge is 0.179 e. The fourth-order valence-corrected chi connectivity index (χ4v) is 5.04. The number of thiol groups is 2. The van der Waals surface area contributed by atoms with Crippen molar-refractivity contribution >= 4 is 60.1 Å². The van der Waals surface area contributed by atoms with Crippen molar-refractivity contribution in [3.05, 3.63) is 21.9 Å². The molecule has 0 nitrogen and oxygen atoms in total. The van der Waals surface area contributed by atoms with Gasteiger partial charge < -0.3 is 0 Å². The van der Waals surface area contributed by atoms with Crippen LogP contribution < -0.4 is 0 Å². The highest BCUT2D eigenvalue weighted by Gasteiger charge is 2.12. The molecule has 2 unspecified atom stereocenters. The Labute approximate surface area is 129 Å². The van der Waals surface area contributed by atoms with Crippen molar-refractivity contribution in [3.8, 4) is 0 Å². The van der Waals surface area contributed by atoms with Gasteiger partial charge in [0.05, 0.1) is 0 Å². The third-order valence-electron chi connectivity index (χ3n) is 2.37. The highest BCUT2D eigenvalue weighted by atomic mass is 32.2. The second-order valence-electron chi connectivity index (χ2n) is 3.71. The normalized spacial score (nSPS) is 14.8. The fraction of sp³-hybridized carbons (Fsp3) is 0.667. The van der Waals surface area contributed by atoms with E-state index in [0.29, 0.717) is 10.5 Å². The first-order valence-corrected chi connectivity index (χ1v) is 9.91. The van der Waals surface area contributed by atoms with Crippen LogP contribution in [0.1, 0.15) is 34.1 Å². The van der Waals surface area contributed by atoms with Crippen molar-refractivity contribution in [2.45, 2.75) is 24.3 Å². The van der Waals surface area contributed by atoms with Crippen molar-refractivity contribution in [1.29, 1.82) is 0 Å². The lowest BCUT2D eigenvalue weighted by Crippen LogP contribution is -1.88. The van der Waals surface area contributed by atoms with Gasteiger partial charge in [-0.1, -0.05) is 0 Å². The van der Waals surface area contributed by atoms with E-state index in [4.69, 9.17) is 0 Å². The Bertz CT molecular complexity index is 281. The van der Waals surface area contributed by atoms with Gasteiger partial charge in [-0.2, -0.15) is 48.8 Å². The lowest BCUT2D eigenvalue weighted by molar-refractivity contribution is 1.14. The second kappa shape index (κ2) is 9.08. The highest BCUT2D eigenvalue weighted by Crippen LogP contribution is 2.38. The fourth-order valence-electron chi connectivity index (χ4n) is 1.43. The Morgan fingerprint density at radius 1 is 1.00 bits per heavy atom. The highest BCUT2D eigenvalue weighted by molar-refractivity contribution is 8.00. The van der Waals surface area contributed by atoms with Crippen LogP contribution in [0.4, 0.5) is 0 Å². The number of thioether (sulfide) groups is 2. The summed E-state index contributed by atoms with van der Waals surface area (Å²) < 4.78 is 0. The molecular formula is C12H20S5. The third-order valence-corrected chi connectivity index (χ3v) is 7.56. The molecule has 1 rings (SSSR count). The van der Waals surface area contributed by atoms with Crippen LogP contribution in [0.2, 0.25) is 0 Å². The zero-order chi connectivity index (χ0) is 12.7. The monoisotopic (exact) mass is 324 g/mol. The van der Waals surface area contributed by atoms with Crippen molar-refractivity contribution in [2.75, 3.05) is 23.0 Å². The lowest BCUT2D eigenvalue weighted by Gasteiger charge is -2.09. The van der Waals surface area contributed by atoms with E-state index < -0.39 is 0 Å². The molecule has 0 aromatic carbocycles. The molecule has 0 amide bonds. The Hall–Kier alpha value is 1.10. The number of hydrogen-bond acceptors (Lipinski definition) is 5. The zero-order valence-electron chi connectivity index (χ0n) is 10.3. The Kier molecular flexibility index (Phi) is 8.62. The summed E-state index contributed by atoms with van der Waals surface area (Å²) in [7, 11) is 0. The average molecular weight is 325 g/mol. The van der Waals surface area contributed by atoms with Gasteiger partial charge in [0.25, 0.3) is 0 Å². The smallest absolute Gasteiger partial charge is 0.0363 e. The number of thiophene rings is 1. The predicted octanol–water partition coefficient (Wildman–Crippen LogP) is 5.20. The summed E-state index contributed by atoms with van der Waals surface area (Å²) in [5.41, 5.74) is 0. The minimum Gasteiger partial charge on any atom is -0.179 e. The number of rotatable bonds is 8. The first kappa shape index (κ1) is 16.2. The molecule has 0 spiro atoms. The molecule has 0 aliphatic rings. The molecule has 17 heavy (non-hydrogen) atoms. The van der Waals surface area contributed by atoms with Gasteiger partial charge in [-0.15, -0.1) is 11.3 Å². The Morgan fingerprint density at radius 3 is 1.76 bits per heavy atom. The van der Waals surface area contributed by atoms with Crippen LogP contribution in [0.15, 0.2) is 12.1 Å². The molecule has 5 heteroatoms. The van der Waals surface area contributed by atoms with Crippen LogP contribution in [0.25, 0.3) is 0 Å². The van der Waals surface area contributed by atoms with Crippen LogP contribution in [-0.2, 0) is 0 Å². The van der Waals surface area contributed by atoms with Crippen LogP contribution >= 0.6 is 60.1 Å². The van der Waals surface area contributed by atoms with Gasteiger partial charge in [0.15, 0.2) is 0 Å². The molecule has 0 fully saturated rings. The van der Waals surface area contributed by atoms with E-state index in [2.05, 4.69) is 51.2 Å². The van der Waals surface area contributed by atoms with Gasteiger partial charge in [-0.25, -0.2) is 0 Å². The molecule has 98 valence electrons. The molecule has 0 saturated carbocycles. The van der Waals surface area contributed by atoms with Crippen molar-refractivity contribution < 1.29 is 0 Å². The first-order valence-electron chi connectivity index (χ1n) is 5.73. The standard InChI is InChI=1S/C12H20S5/c1-9(15-7-5-13)11-3-4-12(17-11)10(2)16-8-6-14/h3-4,9-10,13-14H,5-8H2,1-2H3. The summed E-state index contributed by atoms with van der Waals surface area (Å²) in [6, 6.07) is 4.57. The van der Waals surface area contributed by atoms with Crippen LogP contribution in [0.5, 0.6) is 0 Å². The van der Waals surface area contributed by atoms with Gasteiger partial charge in [0.2, 0.25) is 0 Å². The lowest BCUT2D eigenvalue weighted by atomic mass is 10.3. The SMILES string of the molecule is CC(SCCS)c1ccc(C(C)SCCS)s1. The first-order chi connectivity index (χ1) is 8.19. The van der Waals surface area contributed by atoms with E-state index in [1.165, 1.54) is 9.75 Å². The summed E-state index contributed by atoms with van der Waals surface area (Å²) >= 11 is 14.4. The minimum absolute atomic E-state index is 0.600. The molecule has 1 aromatic heterocycles. The van der Waals surface area contributed by atoms with Gasteiger partial charge in [0.1, 0.15) is 0 Å². The molecule has 0 aliphatic carbocycles. The van der Waals surface area contributed by atoms with Crippen LogP contribution in [0, 0.1) is 0 Å². The van der Waals surface area contributed by atoms with Crippen molar-refractivity contribution in [3.63, 3.8) is 0 Å². The molecule has 1 heterocycles.